The summed E-state index contributed by atoms with van der Waals surface area (Å²) in [5.41, 5.74) is 2.17. The molecule has 2 aromatic rings. The van der Waals surface area contributed by atoms with Gasteiger partial charge >= 0.3 is 5.97 Å². The third kappa shape index (κ3) is 6.59. The van der Waals surface area contributed by atoms with Crippen LogP contribution in [0.25, 0.3) is 0 Å². The van der Waals surface area contributed by atoms with Gasteiger partial charge in [0.25, 0.3) is 5.91 Å². The van der Waals surface area contributed by atoms with Crippen molar-refractivity contribution < 1.29 is 19.1 Å². The number of hydrogen-bond acceptors (Lipinski definition) is 4. The first-order valence-corrected chi connectivity index (χ1v) is 8.68. The van der Waals surface area contributed by atoms with E-state index in [1.807, 2.05) is 61.5 Å². The molecule has 0 spiro atoms. The molecule has 0 fully saturated rings. The maximum Gasteiger partial charge on any atom is 0.306 e. The van der Waals surface area contributed by atoms with E-state index in [9.17, 15) is 9.59 Å². The topological polar surface area (TPSA) is 64.6 Å². The van der Waals surface area contributed by atoms with Crippen LogP contribution in [-0.2, 0) is 20.7 Å². The Balaban J connectivity index is 1.63. The van der Waals surface area contributed by atoms with Crippen molar-refractivity contribution >= 4 is 11.9 Å². The van der Waals surface area contributed by atoms with Crippen LogP contribution < -0.4 is 10.1 Å². The summed E-state index contributed by atoms with van der Waals surface area (Å²) in [6.45, 7) is 2.21. The number of ether oxygens (including phenoxy) is 2. The van der Waals surface area contributed by atoms with Gasteiger partial charge in [-0.3, -0.25) is 9.59 Å². The van der Waals surface area contributed by atoms with Crippen molar-refractivity contribution in [3.8, 4) is 5.75 Å². The van der Waals surface area contributed by atoms with Gasteiger partial charge < -0.3 is 14.8 Å². The summed E-state index contributed by atoms with van der Waals surface area (Å²) in [4.78, 5) is 23.7. The van der Waals surface area contributed by atoms with E-state index < -0.39 is 0 Å². The highest BCUT2D eigenvalue weighted by Gasteiger charge is 2.13. The standard InChI is InChI=1S/C21H25NO4/c1-16(18-6-4-3-5-7-18)14-21(24)26-15-20(23)22-13-12-17-8-10-19(25-2)11-9-17/h3-11,16H,12-15H2,1-2H3,(H,22,23). The Labute approximate surface area is 154 Å². The van der Waals surface area contributed by atoms with Crippen LogP contribution in [0.2, 0.25) is 0 Å². The SMILES string of the molecule is COc1ccc(CCNC(=O)COC(=O)CC(C)c2ccccc2)cc1. The minimum atomic E-state index is -0.369. The van der Waals surface area contributed by atoms with Gasteiger partial charge in [-0.05, 0) is 35.6 Å². The molecule has 1 amide bonds. The summed E-state index contributed by atoms with van der Waals surface area (Å²) in [6, 6.07) is 17.4. The minimum Gasteiger partial charge on any atom is -0.497 e. The molecule has 0 aliphatic heterocycles. The van der Waals surface area contributed by atoms with Gasteiger partial charge in [0.1, 0.15) is 5.75 Å². The molecule has 2 rings (SSSR count). The molecule has 138 valence electrons. The minimum absolute atomic E-state index is 0.0573. The van der Waals surface area contributed by atoms with Gasteiger partial charge in [0.05, 0.1) is 13.5 Å². The van der Waals surface area contributed by atoms with Gasteiger partial charge in [0.2, 0.25) is 0 Å². The maximum atomic E-state index is 11.9. The van der Waals surface area contributed by atoms with Crippen LogP contribution in [0, 0.1) is 0 Å². The van der Waals surface area contributed by atoms with Crippen molar-refractivity contribution in [1.29, 1.82) is 0 Å². The Hall–Kier alpha value is -2.82. The van der Waals surface area contributed by atoms with Crippen molar-refractivity contribution in [2.24, 2.45) is 0 Å². The molecule has 0 aliphatic rings. The lowest BCUT2D eigenvalue weighted by Gasteiger charge is -2.11. The van der Waals surface area contributed by atoms with E-state index in [-0.39, 0.29) is 30.8 Å². The van der Waals surface area contributed by atoms with Crippen molar-refractivity contribution in [3.05, 3.63) is 65.7 Å². The molecule has 0 saturated carbocycles. The number of carbonyl (C=O) groups excluding carboxylic acids is 2. The van der Waals surface area contributed by atoms with Crippen molar-refractivity contribution in [2.45, 2.75) is 25.7 Å². The van der Waals surface area contributed by atoms with Crippen LogP contribution in [0.4, 0.5) is 0 Å². The van der Waals surface area contributed by atoms with Crippen LogP contribution >= 0.6 is 0 Å². The molecular weight excluding hydrogens is 330 g/mol. The van der Waals surface area contributed by atoms with Gasteiger partial charge in [0.15, 0.2) is 6.61 Å². The second kappa shape index (κ2) is 10.2. The van der Waals surface area contributed by atoms with Crippen LogP contribution in [0.5, 0.6) is 5.75 Å². The molecule has 0 bridgehead atoms. The number of carbonyl (C=O) groups is 2. The summed E-state index contributed by atoms with van der Waals surface area (Å²) in [5, 5.41) is 2.75. The van der Waals surface area contributed by atoms with E-state index in [2.05, 4.69) is 5.32 Å². The Morgan fingerprint density at radius 2 is 1.73 bits per heavy atom. The van der Waals surface area contributed by atoms with Gasteiger partial charge in [-0.1, -0.05) is 49.4 Å². The number of amides is 1. The summed E-state index contributed by atoms with van der Waals surface area (Å²) < 4.78 is 10.2. The lowest BCUT2D eigenvalue weighted by atomic mass is 9.98. The summed E-state index contributed by atoms with van der Waals surface area (Å²) >= 11 is 0. The molecule has 2 aromatic carbocycles. The number of rotatable bonds is 9. The zero-order valence-electron chi connectivity index (χ0n) is 15.2. The largest absolute Gasteiger partial charge is 0.497 e. The lowest BCUT2D eigenvalue weighted by Crippen LogP contribution is -2.30. The average Bonchev–Trinajstić information content (AvgIpc) is 2.67. The summed E-state index contributed by atoms with van der Waals surface area (Å²) in [7, 11) is 1.62. The van der Waals surface area contributed by atoms with Crippen molar-refractivity contribution in [2.75, 3.05) is 20.3 Å². The van der Waals surface area contributed by atoms with E-state index in [1.54, 1.807) is 7.11 Å². The fraction of sp³-hybridized carbons (Fsp3) is 0.333. The van der Waals surface area contributed by atoms with E-state index in [1.165, 1.54) is 0 Å². The molecule has 5 nitrogen and oxygen atoms in total. The molecule has 0 radical (unpaired) electrons. The van der Waals surface area contributed by atoms with Gasteiger partial charge in [0, 0.05) is 6.54 Å². The fourth-order valence-electron chi connectivity index (χ4n) is 2.54. The van der Waals surface area contributed by atoms with Crippen LogP contribution in [-0.4, -0.2) is 32.1 Å². The first-order valence-electron chi connectivity index (χ1n) is 8.68. The molecular formula is C21H25NO4. The Morgan fingerprint density at radius 1 is 1.04 bits per heavy atom. The average molecular weight is 355 g/mol. The Morgan fingerprint density at radius 3 is 2.38 bits per heavy atom. The van der Waals surface area contributed by atoms with Crippen LogP contribution in [0.1, 0.15) is 30.4 Å². The predicted molar refractivity (Wildman–Crippen MR) is 100 cm³/mol. The lowest BCUT2D eigenvalue weighted by molar-refractivity contribution is -0.148. The van der Waals surface area contributed by atoms with Crippen LogP contribution in [0.3, 0.4) is 0 Å². The fourth-order valence-corrected chi connectivity index (χ4v) is 2.54. The quantitative estimate of drug-likeness (QED) is 0.702. The number of methoxy groups -OCH3 is 1. The molecule has 5 heteroatoms. The highest BCUT2D eigenvalue weighted by atomic mass is 16.5. The van der Waals surface area contributed by atoms with E-state index in [0.29, 0.717) is 13.0 Å². The van der Waals surface area contributed by atoms with Crippen LogP contribution in [0.15, 0.2) is 54.6 Å². The predicted octanol–water partition coefficient (Wildman–Crippen LogP) is 3.09. The molecule has 0 aliphatic carbocycles. The second-order valence-electron chi connectivity index (χ2n) is 6.12. The molecule has 1 atom stereocenters. The highest BCUT2D eigenvalue weighted by Crippen LogP contribution is 2.18. The third-order valence-corrected chi connectivity index (χ3v) is 4.10. The number of benzene rings is 2. The normalized spacial score (nSPS) is 11.5. The molecule has 0 aromatic heterocycles. The maximum absolute atomic E-state index is 11.9. The molecule has 26 heavy (non-hydrogen) atoms. The zero-order valence-corrected chi connectivity index (χ0v) is 15.2. The Kier molecular flexibility index (Phi) is 7.68. The summed E-state index contributed by atoms with van der Waals surface area (Å²) in [5.74, 6) is 0.196. The smallest absolute Gasteiger partial charge is 0.306 e. The number of esters is 1. The van der Waals surface area contributed by atoms with E-state index in [4.69, 9.17) is 9.47 Å². The van der Waals surface area contributed by atoms with E-state index in [0.717, 1.165) is 16.9 Å². The second-order valence-corrected chi connectivity index (χ2v) is 6.12. The van der Waals surface area contributed by atoms with Crippen molar-refractivity contribution in [1.82, 2.24) is 5.32 Å². The first-order chi connectivity index (χ1) is 12.6. The van der Waals surface area contributed by atoms with E-state index >= 15 is 0 Å². The molecule has 0 saturated heterocycles. The summed E-state index contributed by atoms with van der Waals surface area (Å²) in [6.07, 6.45) is 0.956. The highest BCUT2D eigenvalue weighted by molar-refractivity contribution is 5.80. The molecule has 1 unspecified atom stereocenters. The van der Waals surface area contributed by atoms with Crippen molar-refractivity contribution in [3.63, 3.8) is 0 Å². The molecule has 0 heterocycles. The number of hydrogen-bond donors (Lipinski definition) is 1. The Bertz CT molecular complexity index is 698. The number of nitrogens with one attached hydrogen (secondary N) is 1. The third-order valence-electron chi connectivity index (χ3n) is 4.10. The first kappa shape index (κ1) is 19.5. The monoisotopic (exact) mass is 355 g/mol. The molecule has 1 N–H and O–H groups in total. The van der Waals surface area contributed by atoms with Gasteiger partial charge in [-0.2, -0.15) is 0 Å². The van der Waals surface area contributed by atoms with Gasteiger partial charge in [-0.25, -0.2) is 0 Å². The zero-order chi connectivity index (χ0) is 18.8. The van der Waals surface area contributed by atoms with Gasteiger partial charge in [-0.15, -0.1) is 0 Å².